The van der Waals surface area contributed by atoms with E-state index in [1.807, 2.05) is 39.0 Å². The Morgan fingerprint density at radius 1 is 1.05 bits per heavy atom. The molecule has 22 heavy (non-hydrogen) atoms. The summed E-state index contributed by atoms with van der Waals surface area (Å²) in [6, 6.07) is 9.64. The SMILES string of the molecule is Cc1ccc(C)c(NC(=S)N[C@@H](C)c2ccc(F)c(F)c2)c1. The summed E-state index contributed by atoms with van der Waals surface area (Å²) in [5, 5.41) is 6.64. The zero-order valence-corrected chi connectivity index (χ0v) is 13.5. The van der Waals surface area contributed by atoms with E-state index < -0.39 is 11.6 Å². The van der Waals surface area contributed by atoms with Crippen LogP contribution in [0.5, 0.6) is 0 Å². The van der Waals surface area contributed by atoms with Crippen LogP contribution in [-0.2, 0) is 0 Å². The maximum Gasteiger partial charge on any atom is 0.171 e. The van der Waals surface area contributed by atoms with E-state index in [9.17, 15) is 8.78 Å². The minimum absolute atomic E-state index is 0.236. The van der Waals surface area contributed by atoms with Gasteiger partial charge in [0.2, 0.25) is 0 Å². The molecule has 2 nitrogen and oxygen atoms in total. The van der Waals surface area contributed by atoms with Gasteiger partial charge in [0.15, 0.2) is 16.7 Å². The van der Waals surface area contributed by atoms with E-state index >= 15 is 0 Å². The second-order valence-electron chi connectivity index (χ2n) is 5.31. The number of rotatable bonds is 3. The maximum atomic E-state index is 13.3. The standard InChI is InChI=1S/C17H18F2N2S/c1-10-4-5-11(2)16(8-10)21-17(22)20-12(3)13-6-7-14(18)15(19)9-13/h4-9,12H,1-3H3,(H2,20,21,22)/t12-/m0/s1. The number of hydrogen-bond acceptors (Lipinski definition) is 1. The van der Waals surface area contributed by atoms with Crippen molar-refractivity contribution in [2.24, 2.45) is 0 Å². The Kier molecular flexibility index (Phi) is 5.08. The normalized spacial score (nSPS) is 11.9. The summed E-state index contributed by atoms with van der Waals surface area (Å²) < 4.78 is 26.2. The molecular formula is C17H18F2N2S. The van der Waals surface area contributed by atoms with Gasteiger partial charge in [-0.2, -0.15) is 0 Å². The molecule has 0 saturated carbocycles. The molecule has 0 fully saturated rings. The molecule has 0 aromatic heterocycles. The minimum atomic E-state index is -0.862. The Bertz CT molecular complexity index is 701. The summed E-state index contributed by atoms with van der Waals surface area (Å²) in [6.07, 6.45) is 0. The largest absolute Gasteiger partial charge is 0.356 e. The van der Waals surface area contributed by atoms with Crippen LogP contribution in [0.4, 0.5) is 14.5 Å². The van der Waals surface area contributed by atoms with Crippen LogP contribution >= 0.6 is 12.2 Å². The van der Waals surface area contributed by atoms with Crippen molar-refractivity contribution in [3.63, 3.8) is 0 Å². The number of aryl methyl sites for hydroxylation is 2. The summed E-state index contributed by atoms with van der Waals surface area (Å²) in [6.45, 7) is 5.83. The van der Waals surface area contributed by atoms with Crippen LogP contribution in [0, 0.1) is 25.5 Å². The van der Waals surface area contributed by atoms with Crippen molar-refractivity contribution in [1.29, 1.82) is 0 Å². The first-order valence-electron chi connectivity index (χ1n) is 6.96. The molecular weight excluding hydrogens is 302 g/mol. The highest BCUT2D eigenvalue weighted by Gasteiger charge is 2.11. The zero-order valence-electron chi connectivity index (χ0n) is 12.7. The molecule has 116 valence electrons. The fourth-order valence-corrected chi connectivity index (χ4v) is 2.38. The molecule has 0 unspecified atom stereocenters. The number of thiocarbonyl (C=S) groups is 1. The fraction of sp³-hybridized carbons (Fsp3) is 0.235. The van der Waals surface area contributed by atoms with E-state index in [2.05, 4.69) is 10.6 Å². The van der Waals surface area contributed by atoms with Gasteiger partial charge in [0.25, 0.3) is 0 Å². The molecule has 2 N–H and O–H groups in total. The predicted molar refractivity (Wildman–Crippen MR) is 90.0 cm³/mol. The molecule has 0 amide bonds. The summed E-state index contributed by atoms with van der Waals surface area (Å²) >= 11 is 5.28. The van der Waals surface area contributed by atoms with Crippen LogP contribution in [0.1, 0.15) is 29.7 Å². The van der Waals surface area contributed by atoms with Crippen LogP contribution in [0.15, 0.2) is 36.4 Å². The van der Waals surface area contributed by atoms with Crippen molar-refractivity contribution in [3.05, 3.63) is 64.7 Å². The molecule has 2 aromatic carbocycles. The van der Waals surface area contributed by atoms with Gasteiger partial charge in [-0.05, 0) is 67.9 Å². The molecule has 0 spiro atoms. The number of anilines is 1. The Morgan fingerprint density at radius 2 is 1.77 bits per heavy atom. The lowest BCUT2D eigenvalue weighted by Gasteiger charge is -2.18. The summed E-state index contributed by atoms with van der Waals surface area (Å²) in [5.41, 5.74) is 3.76. The van der Waals surface area contributed by atoms with Gasteiger partial charge in [-0.1, -0.05) is 18.2 Å². The molecule has 2 aromatic rings. The van der Waals surface area contributed by atoms with Crippen LogP contribution in [0.25, 0.3) is 0 Å². The van der Waals surface area contributed by atoms with Crippen LogP contribution in [-0.4, -0.2) is 5.11 Å². The Hall–Kier alpha value is -2.01. The van der Waals surface area contributed by atoms with E-state index in [0.29, 0.717) is 10.7 Å². The quantitative estimate of drug-likeness (QED) is 0.806. The summed E-state index contributed by atoms with van der Waals surface area (Å²) in [4.78, 5) is 0. The second-order valence-corrected chi connectivity index (χ2v) is 5.72. The van der Waals surface area contributed by atoms with Gasteiger partial charge in [-0.15, -0.1) is 0 Å². The summed E-state index contributed by atoms with van der Waals surface area (Å²) in [7, 11) is 0. The highest BCUT2D eigenvalue weighted by Crippen LogP contribution is 2.18. The molecule has 0 aliphatic heterocycles. The first-order chi connectivity index (χ1) is 10.4. The van der Waals surface area contributed by atoms with Crippen LogP contribution in [0.3, 0.4) is 0 Å². The molecule has 0 bridgehead atoms. The average molecular weight is 320 g/mol. The molecule has 5 heteroatoms. The maximum absolute atomic E-state index is 13.3. The van der Waals surface area contributed by atoms with Crippen molar-refractivity contribution in [2.75, 3.05) is 5.32 Å². The second kappa shape index (κ2) is 6.83. The molecule has 2 rings (SSSR count). The lowest BCUT2D eigenvalue weighted by molar-refractivity contribution is 0.505. The fourth-order valence-electron chi connectivity index (χ4n) is 2.09. The zero-order chi connectivity index (χ0) is 16.3. The van der Waals surface area contributed by atoms with E-state index in [0.717, 1.165) is 22.9 Å². The molecule has 0 saturated heterocycles. The lowest BCUT2D eigenvalue weighted by Crippen LogP contribution is -2.31. The van der Waals surface area contributed by atoms with E-state index in [1.165, 1.54) is 12.1 Å². The Labute approximate surface area is 134 Å². The third kappa shape index (κ3) is 4.01. The van der Waals surface area contributed by atoms with Gasteiger partial charge >= 0.3 is 0 Å². The van der Waals surface area contributed by atoms with Crippen LogP contribution < -0.4 is 10.6 Å². The average Bonchev–Trinajstić information content (AvgIpc) is 2.45. The molecule has 0 aliphatic rings. The first kappa shape index (κ1) is 16.4. The molecule has 0 radical (unpaired) electrons. The van der Waals surface area contributed by atoms with Gasteiger partial charge in [-0.25, -0.2) is 8.78 Å². The third-order valence-electron chi connectivity index (χ3n) is 3.43. The molecule has 0 aliphatic carbocycles. The molecule has 0 heterocycles. The van der Waals surface area contributed by atoms with Gasteiger partial charge in [0.1, 0.15) is 0 Å². The number of hydrogen-bond donors (Lipinski definition) is 2. The van der Waals surface area contributed by atoms with Crippen molar-refractivity contribution >= 4 is 23.0 Å². The summed E-state index contributed by atoms with van der Waals surface area (Å²) in [5.74, 6) is -1.72. The number of halogens is 2. The van der Waals surface area contributed by atoms with E-state index in [4.69, 9.17) is 12.2 Å². The number of benzene rings is 2. The van der Waals surface area contributed by atoms with Gasteiger partial charge in [-0.3, -0.25) is 0 Å². The lowest BCUT2D eigenvalue weighted by atomic mass is 10.1. The molecule has 1 atom stereocenters. The predicted octanol–water partition coefficient (Wildman–Crippen LogP) is 4.63. The number of nitrogens with one attached hydrogen (secondary N) is 2. The Morgan fingerprint density at radius 3 is 2.45 bits per heavy atom. The van der Waals surface area contributed by atoms with Gasteiger partial charge < -0.3 is 10.6 Å². The minimum Gasteiger partial charge on any atom is -0.356 e. The third-order valence-corrected chi connectivity index (χ3v) is 3.65. The highest BCUT2D eigenvalue weighted by molar-refractivity contribution is 7.80. The van der Waals surface area contributed by atoms with Gasteiger partial charge in [0.05, 0.1) is 6.04 Å². The van der Waals surface area contributed by atoms with Crippen molar-refractivity contribution in [2.45, 2.75) is 26.8 Å². The topological polar surface area (TPSA) is 24.1 Å². The van der Waals surface area contributed by atoms with Crippen LogP contribution in [0.2, 0.25) is 0 Å². The van der Waals surface area contributed by atoms with E-state index in [-0.39, 0.29) is 6.04 Å². The highest BCUT2D eigenvalue weighted by atomic mass is 32.1. The Balaban J connectivity index is 2.04. The van der Waals surface area contributed by atoms with Crippen molar-refractivity contribution in [3.8, 4) is 0 Å². The smallest absolute Gasteiger partial charge is 0.171 e. The van der Waals surface area contributed by atoms with Gasteiger partial charge in [0, 0.05) is 5.69 Å². The van der Waals surface area contributed by atoms with E-state index in [1.54, 1.807) is 0 Å². The van der Waals surface area contributed by atoms with Crippen molar-refractivity contribution < 1.29 is 8.78 Å². The van der Waals surface area contributed by atoms with Crippen molar-refractivity contribution in [1.82, 2.24) is 5.32 Å². The monoisotopic (exact) mass is 320 g/mol. The first-order valence-corrected chi connectivity index (χ1v) is 7.37.